The molecule has 0 spiro atoms. The van der Waals surface area contributed by atoms with E-state index in [0.29, 0.717) is 25.6 Å². The number of amides is 1. The van der Waals surface area contributed by atoms with Crippen molar-refractivity contribution in [3.63, 3.8) is 0 Å². The number of likely N-dealkylation sites (tertiary alicyclic amines) is 1. The number of hydrogen-bond acceptors (Lipinski definition) is 3. The summed E-state index contributed by atoms with van der Waals surface area (Å²) < 4.78 is 37.2. The third-order valence-corrected chi connectivity index (χ3v) is 3.37. The fraction of sp³-hybridized carbons (Fsp3) is 0.462. The van der Waals surface area contributed by atoms with Crippen molar-refractivity contribution >= 4 is 11.9 Å². The summed E-state index contributed by atoms with van der Waals surface area (Å²) in [6, 6.07) is 1.80. The molecule has 21 heavy (non-hydrogen) atoms. The van der Waals surface area contributed by atoms with Gasteiger partial charge in [0.1, 0.15) is 5.69 Å². The number of carbonyl (C=O) groups is 2. The first-order valence-corrected chi connectivity index (χ1v) is 6.34. The molecule has 0 aromatic carbocycles. The predicted molar refractivity (Wildman–Crippen MR) is 65.5 cm³/mol. The summed E-state index contributed by atoms with van der Waals surface area (Å²) in [5.41, 5.74) is -1.05. The molecule has 5 nitrogen and oxygen atoms in total. The van der Waals surface area contributed by atoms with E-state index in [2.05, 4.69) is 4.98 Å². The molecule has 2 heterocycles. The van der Waals surface area contributed by atoms with Gasteiger partial charge >= 0.3 is 12.1 Å². The second-order valence-corrected chi connectivity index (χ2v) is 4.86. The molecular weight excluding hydrogens is 289 g/mol. The molecule has 114 valence electrons. The van der Waals surface area contributed by atoms with Crippen LogP contribution in [-0.4, -0.2) is 40.0 Å². The quantitative estimate of drug-likeness (QED) is 0.907. The second-order valence-electron chi connectivity index (χ2n) is 4.86. The molecule has 0 unspecified atom stereocenters. The number of carboxylic acid groups (broad SMARTS) is 1. The van der Waals surface area contributed by atoms with Gasteiger partial charge in [0.05, 0.1) is 11.5 Å². The molecule has 0 bridgehead atoms. The molecule has 1 aliphatic rings. The van der Waals surface area contributed by atoms with Gasteiger partial charge < -0.3 is 10.0 Å². The number of pyridine rings is 1. The molecule has 1 aliphatic heterocycles. The van der Waals surface area contributed by atoms with Crippen molar-refractivity contribution in [3.05, 3.63) is 29.6 Å². The van der Waals surface area contributed by atoms with E-state index in [4.69, 9.17) is 5.11 Å². The van der Waals surface area contributed by atoms with Crippen molar-refractivity contribution < 1.29 is 27.9 Å². The summed E-state index contributed by atoms with van der Waals surface area (Å²) in [7, 11) is 0. The highest BCUT2D eigenvalue weighted by molar-refractivity contribution is 5.92. The fourth-order valence-electron chi connectivity index (χ4n) is 2.21. The average Bonchev–Trinajstić information content (AvgIpc) is 2.46. The molecule has 1 aromatic heterocycles. The van der Waals surface area contributed by atoms with Crippen LogP contribution in [0.2, 0.25) is 0 Å². The van der Waals surface area contributed by atoms with Gasteiger partial charge in [-0.2, -0.15) is 13.2 Å². The molecule has 1 aromatic rings. The number of aliphatic carboxylic acids is 1. The Labute approximate surface area is 118 Å². The summed E-state index contributed by atoms with van der Waals surface area (Å²) in [6.45, 7) is 0.433. The van der Waals surface area contributed by atoms with Crippen LogP contribution in [-0.2, 0) is 11.0 Å². The summed E-state index contributed by atoms with van der Waals surface area (Å²) in [6.07, 6.45) is -2.87. The van der Waals surface area contributed by atoms with Gasteiger partial charge in [-0.05, 0) is 25.0 Å². The molecule has 0 aliphatic carbocycles. The summed E-state index contributed by atoms with van der Waals surface area (Å²) in [5, 5.41) is 8.96. The van der Waals surface area contributed by atoms with Crippen molar-refractivity contribution in [1.82, 2.24) is 9.88 Å². The minimum absolute atomic E-state index is 0.0524. The SMILES string of the molecule is O=C(O)[C@H]1CCCN(C(=O)c2ccc(C(F)(F)F)cn2)C1. The zero-order chi connectivity index (χ0) is 15.6. The number of alkyl halides is 3. The van der Waals surface area contributed by atoms with Crippen LogP contribution in [0.15, 0.2) is 18.3 Å². The van der Waals surface area contributed by atoms with E-state index in [1.165, 1.54) is 4.90 Å². The Bertz CT molecular complexity index is 543. The topological polar surface area (TPSA) is 70.5 Å². The maximum Gasteiger partial charge on any atom is 0.417 e. The highest BCUT2D eigenvalue weighted by Gasteiger charge is 2.32. The first-order valence-electron chi connectivity index (χ1n) is 6.34. The predicted octanol–water partition coefficient (Wildman–Crippen LogP) is 2.04. The smallest absolute Gasteiger partial charge is 0.417 e. The van der Waals surface area contributed by atoms with Gasteiger partial charge in [-0.25, -0.2) is 0 Å². The second kappa shape index (κ2) is 5.71. The molecule has 1 N–H and O–H groups in total. The number of halogens is 3. The lowest BCUT2D eigenvalue weighted by Gasteiger charge is -2.30. The Hall–Kier alpha value is -2.12. The van der Waals surface area contributed by atoms with E-state index < -0.39 is 29.5 Å². The van der Waals surface area contributed by atoms with Crippen LogP contribution in [0.1, 0.15) is 28.9 Å². The lowest BCUT2D eigenvalue weighted by Crippen LogP contribution is -2.42. The van der Waals surface area contributed by atoms with Gasteiger partial charge in [0, 0.05) is 19.3 Å². The molecule has 1 fully saturated rings. The highest BCUT2D eigenvalue weighted by atomic mass is 19.4. The third kappa shape index (κ3) is 3.50. The van der Waals surface area contributed by atoms with Crippen molar-refractivity contribution in [2.24, 2.45) is 5.92 Å². The van der Waals surface area contributed by atoms with E-state index >= 15 is 0 Å². The molecule has 1 atom stereocenters. The van der Waals surface area contributed by atoms with Gasteiger partial charge in [-0.15, -0.1) is 0 Å². The number of carbonyl (C=O) groups excluding carboxylic acids is 1. The van der Waals surface area contributed by atoms with E-state index in [-0.39, 0.29) is 12.2 Å². The standard InChI is InChI=1S/C13H13F3N2O3/c14-13(15,16)9-3-4-10(17-6-9)11(19)18-5-1-2-8(7-18)12(20)21/h3-4,6,8H,1-2,5,7H2,(H,20,21)/t8-/m0/s1. The van der Waals surface area contributed by atoms with E-state index in [1.54, 1.807) is 0 Å². The molecule has 0 saturated carbocycles. The van der Waals surface area contributed by atoms with Gasteiger partial charge in [-0.1, -0.05) is 0 Å². The average molecular weight is 302 g/mol. The third-order valence-electron chi connectivity index (χ3n) is 3.37. The summed E-state index contributed by atoms with van der Waals surface area (Å²) in [4.78, 5) is 27.9. The lowest BCUT2D eigenvalue weighted by molar-refractivity contribution is -0.143. The van der Waals surface area contributed by atoms with Crippen molar-refractivity contribution in [2.45, 2.75) is 19.0 Å². The number of nitrogens with zero attached hydrogens (tertiary/aromatic N) is 2. The summed E-state index contributed by atoms with van der Waals surface area (Å²) >= 11 is 0. The Morgan fingerprint density at radius 1 is 1.33 bits per heavy atom. The lowest BCUT2D eigenvalue weighted by atomic mass is 9.98. The molecule has 1 amide bonds. The van der Waals surface area contributed by atoms with Crippen molar-refractivity contribution in [2.75, 3.05) is 13.1 Å². The normalized spacial score (nSPS) is 19.4. The largest absolute Gasteiger partial charge is 0.481 e. The van der Waals surface area contributed by atoms with Crippen LogP contribution in [0, 0.1) is 5.92 Å². The fourth-order valence-corrected chi connectivity index (χ4v) is 2.21. The Morgan fingerprint density at radius 2 is 2.05 bits per heavy atom. The van der Waals surface area contributed by atoms with Crippen LogP contribution in [0.3, 0.4) is 0 Å². The van der Waals surface area contributed by atoms with E-state index in [1.807, 2.05) is 0 Å². The number of piperidine rings is 1. The zero-order valence-corrected chi connectivity index (χ0v) is 10.9. The zero-order valence-electron chi connectivity index (χ0n) is 10.9. The highest BCUT2D eigenvalue weighted by Crippen LogP contribution is 2.28. The van der Waals surface area contributed by atoms with Crippen LogP contribution in [0.25, 0.3) is 0 Å². The summed E-state index contributed by atoms with van der Waals surface area (Å²) in [5.74, 6) is -2.17. The molecule has 1 saturated heterocycles. The minimum Gasteiger partial charge on any atom is -0.481 e. The van der Waals surface area contributed by atoms with Crippen LogP contribution in [0.4, 0.5) is 13.2 Å². The monoisotopic (exact) mass is 302 g/mol. The van der Waals surface area contributed by atoms with E-state index in [0.717, 1.165) is 12.1 Å². The number of aromatic nitrogens is 1. The van der Waals surface area contributed by atoms with Gasteiger partial charge in [0.25, 0.3) is 5.91 Å². The molecule has 2 rings (SSSR count). The maximum atomic E-state index is 12.4. The van der Waals surface area contributed by atoms with Crippen LogP contribution in [0.5, 0.6) is 0 Å². The molecular formula is C13H13F3N2O3. The first kappa shape index (κ1) is 15.3. The van der Waals surface area contributed by atoms with Gasteiger partial charge in [0.15, 0.2) is 0 Å². The Balaban J connectivity index is 2.11. The Kier molecular flexibility index (Phi) is 4.15. The number of hydrogen-bond donors (Lipinski definition) is 1. The van der Waals surface area contributed by atoms with Gasteiger partial charge in [0.2, 0.25) is 0 Å². The first-order chi connectivity index (χ1) is 9.79. The molecule has 8 heteroatoms. The van der Waals surface area contributed by atoms with E-state index in [9.17, 15) is 22.8 Å². The Morgan fingerprint density at radius 3 is 2.57 bits per heavy atom. The van der Waals surface area contributed by atoms with Crippen LogP contribution >= 0.6 is 0 Å². The molecule has 0 radical (unpaired) electrons. The van der Waals surface area contributed by atoms with Crippen molar-refractivity contribution in [3.8, 4) is 0 Å². The van der Waals surface area contributed by atoms with Crippen molar-refractivity contribution in [1.29, 1.82) is 0 Å². The number of rotatable bonds is 2. The maximum absolute atomic E-state index is 12.4. The van der Waals surface area contributed by atoms with Crippen LogP contribution < -0.4 is 0 Å². The number of carboxylic acids is 1. The minimum atomic E-state index is -4.51. The van der Waals surface area contributed by atoms with Gasteiger partial charge in [-0.3, -0.25) is 14.6 Å².